The molecule has 1 aliphatic carbocycles. The van der Waals surface area contributed by atoms with Crippen molar-refractivity contribution < 1.29 is 37.9 Å². The lowest BCUT2D eigenvalue weighted by Crippen LogP contribution is -2.28. The largest absolute Gasteiger partial charge is 0.491 e. The Morgan fingerprint density at radius 1 is 0.384 bits per heavy atom. The Balaban J connectivity index is 0.000000232. The maximum atomic E-state index is 5.91. The molecule has 8 heteroatoms. The van der Waals surface area contributed by atoms with E-state index in [0.717, 1.165) is 55.8 Å². The van der Waals surface area contributed by atoms with E-state index in [0.29, 0.717) is 26.4 Å². The molecule has 6 aromatic rings. The van der Waals surface area contributed by atoms with Crippen molar-refractivity contribution in [3.05, 3.63) is 191 Å². The van der Waals surface area contributed by atoms with E-state index in [1.165, 1.54) is 38.9 Å². The van der Waals surface area contributed by atoms with E-state index < -0.39 is 0 Å². The van der Waals surface area contributed by atoms with Crippen LogP contribution in [0.2, 0.25) is 0 Å². The first kappa shape index (κ1) is 58.3. The fourth-order valence-electron chi connectivity index (χ4n) is 9.11. The molecule has 0 bridgehead atoms. The minimum absolute atomic E-state index is 0.0631. The van der Waals surface area contributed by atoms with E-state index in [-0.39, 0.29) is 40.7 Å². The van der Waals surface area contributed by atoms with Crippen molar-refractivity contribution in [1.82, 2.24) is 0 Å². The number of epoxide rings is 4. The first-order chi connectivity index (χ1) is 35.8. The Kier molecular flexibility index (Phi) is 22.9. The Bertz CT molecular complexity index is 2310. The minimum Gasteiger partial charge on any atom is -0.491 e. The number of hydrogen-bond acceptors (Lipinski definition) is 8. The van der Waals surface area contributed by atoms with E-state index in [1.54, 1.807) is 0 Å². The van der Waals surface area contributed by atoms with E-state index in [2.05, 4.69) is 148 Å². The van der Waals surface area contributed by atoms with Crippen molar-refractivity contribution in [1.29, 1.82) is 0 Å². The van der Waals surface area contributed by atoms with Gasteiger partial charge in [0, 0.05) is 10.8 Å². The second kappa shape index (κ2) is 28.7. The number of hydrogen-bond donors (Lipinski definition) is 0. The molecule has 4 heterocycles. The summed E-state index contributed by atoms with van der Waals surface area (Å²) < 4.78 is 44.5. The third-order valence-electron chi connectivity index (χ3n) is 13.1. The van der Waals surface area contributed by atoms with Gasteiger partial charge in [-0.25, -0.2) is 0 Å². The highest BCUT2D eigenvalue weighted by atomic mass is 16.6. The molecule has 0 radical (unpaired) electrons. The summed E-state index contributed by atoms with van der Waals surface area (Å²) in [6, 6.07) is 53.7. The third-order valence-corrected chi connectivity index (χ3v) is 13.1. The number of rotatable bonds is 17. The number of benzene rings is 6. The maximum Gasteiger partial charge on any atom is 0.119 e. The van der Waals surface area contributed by atoms with Gasteiger partial charge >= 0.3 is 0 Å². The number of ether oxygens (including phenoxy) is 8. The van der Waals surface area contributed by atoms with Gasteiger partial charge in [-0.2, -0.15) is 0 Å². The number of fused-ring (bicyclic) bond motifs is 1. The molecule has 0 spiro atoms. The molecule has 11 rings (SSSR count). The van der Waals surface area contributed by atoms with E-state index in [1.807, 2.05) is 93.5 Å². The van der Waals surface area contributed by atoms with Gasteiger partial charge in [-0.3, -0.25) is 0 Å². The molecule has 0 amide bonds. The maximum absolute atomic E-state index is 5.91. The highest BCUT2D eigenvalue weighted by molar-refractivity contribution is 5.60. The molecule has 394 valence electrons. The quantitative estimate of drug-likeness (QED) is 0.0660. The van der Waals surface area contributed by atoms with Gasteiger partial charge in [-0.05, 0) is 106 Å². The van der Waals surface area contributed by atoms with Gasteiger partial charge < -0.3 is 37.9 Å². The summed E-state index contributed by atoms with van der Waals surface area (Å²) in [6.07, 6.45) is 2.03. The second-order valence-electron chi connectivity index (χ2n) is 18.2. The highest BCUT2D eigenvalue weighted by Crippen LogP contribution is 2.56. The predicted molar refractivity (Wildman–Crippen MR) is 299 cm³/mol. The molecule has 4 saturated heterocycles. The Morgan fingerprint density at radius 3 is 0.973 bits per heavy atom. The van der Waals surface area contributed by atoms with Crippen LogP contribution in [0.3, 0.4) is 0 Å². The smallest absolute Gasteiger partial charge is 0.119 e. The van der Waals surface area contributed by atoms with Crippen LogP contribution in [0.1, 0.15) is 135 Å². The SMILES string of the molecule is CC.CC.CC.CC.CC.CC(c1ccccc1)(c1ccc(OCC2CO2)cc1)c1ccc(OCC2CO2)cc1.CC1(C)CC(c2ccc(OCC3CO3)cc2)(c2ccc(OCC3CO3)cc2)c2ccccc21. The third kappa shape index (κ3) is 15.5. The molecule has 4 fully saturated rings. The van der Waals surface area contributed by atoms with Crippen molar-refractivity contribution >= 4 is 0 Å². The highest BCUT2D eigenvalue weighted by Gasteiger charge is 2.49. The normalized spacial score (nSPS) is 21.2. The fraction of sp³-hybridized carbons (Fsp3) is 0.446. The molecule has 8 nitrogen and oxygen atoms in total. The van der Waals surface area contributed by atoms with Crippen LogP contribution in [-0.2, 0) is 35.2 Å². The predicted octanol–water partition coefficient (Wildman–Crippen LogP) is 15.0. The van der Waals surface area contributed by atoms with Crippen LogP contribution in [-0.4, -0.2) is 77.3 Å². The molecule has 4 unspecified atom stereocenters. The summed E-state index contributed by atoms with van der Waals surface area (Å²) in [4.78, 5) is 0. The van der Waals surface area contributed by atoms with Crippen LogP contribution in [0.4, 0.5) is 0 Å². The first-order valence-corrected chi connectivity index (χ1v) is 27.3. The topological polar surface area (TPSA) is 87.0 Å². The van der Waals surface area contributed by atoms with Gasteiger partial charge in [-0.1, -0.05) is 186 Å². The summed E-state index contributed by atoms with van der Waals surface area (Å²) in [7, 11) is 0. The van der Waals surface area contributed by atoms with Crippen LogP contribution >= 0.6 is 0 Å². The molecule has 6 aromatic carbocycles. The molecule has 0 saturated carbocycles. The van der Waals surface area contributed by atoms with Crippen molar-refractivity contribution in [2.45, 2.75) is 137 Å². The van der Waals surface area contributed by atoms with Crippen molar-refractivity contribution in [3.8, 4) is 23.0 Å². The van der Waals surface area contributed by atoms with Crippen LogP contribution in [0.25, 0.3) is 0 Å². The first-order valence-electron chi connectivity index (χ1n) is 27.3. The van der Waals surface area contributed by atoms with Crippen molar-refractivity contribution in [2.24, 2.45) is 0 Å². The van der Waals surface area contributed by atoms with Crippen molar-refractivity contribution in [2.75, 3.05) is 52.9 Å². The molecular weight excluding hydrogens is 909 g/mol. The lowest BCUT2D eigenvalue weighted by atomic mass is 9.68. The Labute approximate surface area is 439 Å². The summed E-state index contributed by atoms with van der Waals surface area (Å²) in [5.41, 5.74) is 8.59. The average molecular weight is 995 g/mol. The summed E-state index contributed by atoms with van der Waals surface area (Å²) >= 11 is 0. The van der Waals surface area contributed by atoms with Gasteiger partial charge in [0.2, 0.25) is 0 Å². The summed E-state index contributed by atoms with van der Waals surface area (Å²) in [5, 5.41) is 0. The molecule has 0 aromatic heterocycles. The second-order valence-corrected chi connectivity index (χ2v) is 18.2. The van der Waals surface area contributed by atoms with Crippen LogP contribution in [0.15, 0.2) is 152 Å². The van der Waals surface area contributed by atoms with E-state index >= 15 is 0 Å². The standard InChI is InChI=1S/C29H30O4.C26H26O4.5C2H6/c1-28(2)19-29(27-6-4-3-5-26(27)28,20-7-11-22(12-8-20)30-15-24-17-32-24)21-9-13-23(14-10-21)31-16-25-18-33-25;1-26(19-5-3-2-4-6-19,20-7-11-22(12-8-20)27-15-24-17-29-24)21-9-13-23(14-10-21)28-16-25-18-30-25;5*1-2/h3-14,24-25H,15-19H2,1-2H3;2-14,24-25H,15-18H2,1H3;5*1-2H3. The molecule has 4 aliphatic heterocycles. The van der Waals surface area contributed by atoms with Crippen molar-refractivity contribution in [3.63, 3.8) is 0 Å². The minimum atomic E-state index is -0.294. The van der Waals surface area contributed by atoms with Gasteiger partial charge in [-0.15, -0.1) is 0 Å². The monoisotopic (exact) mass is 995 g/mol. The van der Waals surface area contributed by atoms with Gasteiger partial charge in [0.1, 0.15) is 73.8 Å². The molecule has 5 aliphatic rings. The van der Waals surface area contributed by atoms with Crippen LogP contribution in [0.5, 0.6) is 23.0 Å². The zero-order valence-electron chi connectivity index (χ0n) is 46.4. The van der Waals surface area contributed by atoms with Gasteiger partial charge in [0.25, 0.3) is 0 Å². The summed E-state index contributed by atoms with van der Waals surface area (Å²) in [6.45, 7) is 32.7. The van der Waals surface area contributed by atoms with Gasteiger partial charge in [0.15, 0.2) is 0 Å². The van der Waals surface area contributed by atoms with E-state index in [4.69, 9.17) is 37.9 Å². The molecular formula is C65H86O8. The zero-order chi connectivity index (χ0) is 52.9. The molecule has 0 N–H and O–H groups in total. The Morgan fingerprint density at radius 2 is 0.658 bits per heavy atom. The van der Waals surface area contributed by atoms with E-state index in [9.17, 15) is 0 Å². The van der Waals surface area contributed by atoms with Crippen LogP contribution in [0, 0.1) is 0 Å². The average Bonchev–Trinajstić information content (AvgIpc) is 4.21. The fourth-order valence-corrected chi connectivity index (χ4v) is 9.11. The lowest BCUT2D eigenvalue weighted by molar-refractivity contribution is 0.263. The van der Waals surface area contributed by atoms with Gasteiger partial charge in [0.05, 0.1) is 26.4 Å². The lowest BCUT2D eigenvalue weighted by Gasteiger charge is -2.34. The summed E-state index contributed by atoms with van der Waals surface area (Å²) in [5.74, 6) is 3.52. The Hall–Kier alpha value is -5.64. The van der Waals surface area contributed by atoms with Crippen LogP contribution < -0.4 is 18.9 Å². The molecule has 4 atom stereocenters. The zero-order valence-corrected chi connectivity index (χ0v) is 46.4. The molecule has 73 heavy (non-hydrogen) atoms.